The average molecular weight is 736 g/mol. The molecule has 0 amide bonds. The second kappa shape index (κ2) is 13.3. The summed E-state index contributed by atoms with van der Waals surface area (Å²) in [7, 11) is 0. The zero-order valence-corrected chi connectivity index (χ0v) is 31.0. The molecule has 1 unspecified atom stereocenters. The fraction of sp³-hybridized carbons (Fsp3) is 0.0196. The molecule has 0 fully saturated rings. The minimum absolute atomic E-state index is 0.427. The molecule has 3 heterocycles. The van der Waals surface area contributed by atoms with Gasteiger partial charge in [-0.15, -0.1) is 11.3 Å². The van der Waals surface area contributed by atoms with E-state index in [2.05, 4.69) is 169 Å². The second-order valence-corrected chi connectivity index (χ2v) is 15.2. The van der Waals surface area contributed by atoms with Gasteiger partial charge in [0.15, 0.2) is 12.0 Å². The molecule has 0 spiro atoms. The summed E-state index contributed by atoms with van der Waals surface area (Å²) in [5.74, 6) is 1.45. The highest BCUT2D eigenvalue weighted by Crippen LogP contribution is 2.45. The molecule has 8 aromatic carbocycles. The standard InChI is InChI=1S/C51H33N3OS/c1-4-13-32(14-5-1)34-25-27-36(28-26-34)50-52-49(35-17-8-3-9-18-35)53-51(54-50)43-24-11-20-39-38-19-10-21-40(46(38)55-47(39)43)41-22-12-23-42-44-31-37(33-15-6-2-7-16-33)29-30-45(44)56-48(41)42/h1-31,51H,(H,52,53,54). The zero-order valence-electron chi connectivity index (χ0n) is 30.2. The maximum atomic E-state index is 7.02. The quantitative estimate of drug-likeness (QED) is 0.185. The summed E-state index contributed by atoms with van der Waals surface area (Å²) in [6.07, 6.45) is -0.427. The minimum atomic E-state index is -0.427. The average Bonchev–Trinajstić information content (AvgIpc) is 3.86. The van der Waals surface area contributed by atoms with Crippen molar-refractivity contribution in [2.45, 2.75) is 6.17 Å². The van der Waals surface area contributed by atoms with Gasteiger partial charge in [0, 0.05) is 58.8 Å². The van der Waals surface area contributed by atoms with Gasteiger partial charge < -0.3 is 9.73 Å². The molecular formula is C51H33N3OS. The van der Waals surface area contributed by atoms with Gasteiger partial charge in [-0.25, -0.2) is 9.98 Å². The third kappa shape index (κ3) is 5.52. The topological polar surface area (TPSA) is 49.9 Å². The van der Waals surface area contributed by atoms with E-state index in [1.807, 2.05) is 35.6 Å². The first-order valence-electron chi connectivity index (χ1n) is 18.8. The third-order valence-electron chi connectivity index (χ3n) is 10.8. The monoisotopic (exact) mass is 735 g/mol. The third-order valence-corrected chi connectivity index (χ3v) is 12.0. The van der Waals surface area contributed by atoms with Crippen LogP contribution in [0.25, 0.3) is 75.5 Å². The summed E-state index contributed by atoms with van der Waals surface area (Å²) in [4.78, 5) is 10.3. The van der Waals surface area contributed by atoms with Gasteiger partial charge >= 0.3 is 0 Å². The number of hydrogen-bond donors (Lipinski definition) is 1. The normalized spacial score (nSPS) is 14.2. The number of para-hydroxylation sites is 2. The number of aliphatic imine (C=N–C) groups is 2. The van der Waals surface area contributed by atoms with Crippen LogP contribution in [0.3, 0.4) is 0 Å². The smallest absolute Gasteiger partial charge is 0.159 e. The molecule has 11 rings (SSSR count). The molecule has 1 atom stereocenters. The first-order valence-corrected chi connectivity index (χ1v) is 19.7. The Hall–Kier alpha value is -7.08. The van der Waals surface area contributed by atoms with Gasteiger partial charge in [-0.3, -0.25) is 0 Å². The van der Waals surface area contributed by atoms with E-state index in [4.69, 9.17) is 14.4 Å². The van der Waals surface area contributed by atoms with Crippen LogP contribution < -0.4 is 5.32 Å². The van der Waals surface area contributed by atoms with Gasteiger partial charge in [0.05, 0.1) is 0 Å². The number of furan rings is 1. The Kier molecular flexibility index (Phi) is 7.71. The first-order chi connectivity index (χ1) is 27.7. The Morgan fingerprint density at radius 3 is 1.75 bits per heavy atom. The lowest BCUT2D eigenvalue weighted by atomic mass is 9.98. The molecule has 5 heteroatoms. The van der Waals surface area contributed by atoms with Crippen LogP contribution in [0.1, 0.15) is 22.9 Å². The van der Waals surface area contributed by atoms with Crippen molar-refractivity contribution < 1.29 is 4.42 Å². The van der Waals surface area contributed by atoms with Crippen LogP contribution in [0.4, 0.5) is 0 Å². The van der Waals surface area contributed by atoms with Gasteiger partial charge in [0.25, 0.3) is 0 Å². The van der Waals surface area contributed by atoms with Crippen molar-refractivity contribution in [2.24, 2.45) is 9.98 Å². The van der Waals surface area contributed by atoms with Crippen molar-refractivity contribution in [1.82, 2.24) is 5.32 Å². The largest absolute Gasteiger partial charge is 0.455 e. The van der Waals surface area contributed by atoms with Gasteiger partial charge in [0.1, 0.15) is 17.0 Å². The maximum absolute atomic E-state index is 7.02. The summed E-state index contributed by atoms with van der Waals surface area (Å²) in [6.45, 7) is 0. The van der Waals surface area contributed by atoms with E-state index in [0.29, 0.717) is 5.84 Å². The molecule has 0 radical (unpaired) electrons. The molecule has 0 saturated carbocycles. The van der Waals surface area contributed by atoms with Crippen LogP contribution in [-0.4, -0.2) is 11.7 Å². The number of fused-ring (bicyclic) bond motifs is 6. The highest BCUT2D eigenvalue weighted by atomic mass is 32.1. The molecule has 0 saturated heterocycles. The summed E-state index contributed by atoms with van der Waals surface area (Å²) in [5.41, 5.74) is 11.6. The molecule has 0 bridgehead atoms. The van der Waals surface area contributed by atoms with Crippen LogP contribution >= 0.6 is 11.3 Å². The Morgan fingerprint density at radius 2 is 1.02 bits per heavy atom. The van der Waals surface area contributed by atoms with Crippen molar-refractivity contribution in [2.75, 3.05) is 0 Å². The molecule has 0 aliphatic carbocycles. The number of benzene rings is 8. The lowest BCUT2D eigenvalue weighted by Crippen LogP contribution is -2.33. The van der Waals surface area contributed by atoms with Gasteiger partial charge in [-0.05, 0) is 34.4 Å². The fourth-order valence-electron chi connectivity index (χ4n) is 8.01. The molecule has 2 aromatic heterocycles. The molecule has 264 valence electrons. The second-order valence-electron chi connectivity index (χ2n) is 14.1. The molecule has 1 N–H and O–H groups in total. The molecular weight excluding hydrogens is 703 g/mol. The van der Waals surface area contributed by atoms with Crippen LogP contribution in [0.5, 0.6) is 0 Å². The Bertz CT molecular complexity index is 3140. The lowest BCUT2D eigenvalue weighted by molar-refractivity contribution is 0.629. The minimum Gasteiger partial charge on any atom is -0.455 e. The van der Waals surface area contributed by atoms with Crippen molar-refractivity contribution in [3.8, 4) is 33.4 Å². The van der Waals surface area contributed by atoms with Crippen LogP contribution in [-0.2, 0) is 0 Å². The highest BCUT2D eigenvalue weighted by Gasteiger charge is 2.25. The van der Waals surface area contributed by atoms with E-state index < -0.39 is 6.17 Å². The maximum Gasteiger partial charge on any atom is 0.159 e. The summed E-state index contributed by atoms with van der Waals surface area (Å²) in [5, 5.41) is 8.34. The van der Waals surface area contributed by atoms with Crippen molar-refractivity contribution in [3.05, 3.63) is 205 Å². The Morgan fingerprint density at radius 1 is 0.446 bits per heavy atom. The molecule has 1 aliphatic heterocycles. The number of amidine groups is 2. The van der Waals surface area contributed by atoms with E-state index in [1.54, 1.807) is 0 Å². The van der Waals surface area contributed by atoms with E-state index in [1.165, 1.54) is 42.4 Å². The van der Waals surface area contributed by atoms with Gasteiger partial charge in [-0.2, -0.15) is 0 Å². The summed E-state index contributed by atoms with van der Waals surface area (Å²) < 4.78 is 9.55. The van der Waals surface area contributed by atoms with Crippen molar-refractivity contribution in [3.63, 3.8) is 0 Å². The molecule has 10 aromatic rings. The number of hydrogen-bond acceptors (Lipinski definition) is 5. The predicted molar refractivity (Wildman–Crippen MR) is 235 cm³/mol. The van der Waals surface area contributed by atoms with E-state index in [9.17, 15) is 0 Å². The van der Waals surface area contributed by atoms with Crippen LogP contribution in [0.2, 0.25) is 0 Å². The number of nitrogens with zero attached hydrogens (tertiary/aromatic N) is 2. The van der Waals surface area contributed by atoms with Crippen LogP contribution in [0, 0.1) is 0 Å². The van der Waals surface area contributed by atoms with E-state index >= 15 is 0 Å². The van der Waals surface area contributed by atoms with Crippen LogP contribution in [0.15, 0.2) is 202 Å². The van der Waals surface area contributed by atoms with E-state index in [-0.39, 0.29) is 0 Å². The number of rotatable bonds is 6. The van der Waals surface area contributed by atoms with Gasteiger partial charge in [0.2, 0.25) is 0 Å². The molecule has 1 aliphatic rings. The van der Waals surface area contributed by atoms with E-state index in [0.717, 1.165) is 55.6 Å². The highest BCUT2D eigenvalue weighted by molar-refractivity contribution is 7.26. The summed E-state index contributed by atoms with van der Waals surface area (Å²) in [6, 6.07) is 66.1. The summed E-state index contributed by atoms with van der Waals surface area (Å²) >= 11 is 1.84. The Labute approximate surface area is 327 Å². The van der Waals surface area contributed by atoms with Gasteiger partial charge in [-0.1, -0.05) is 176 Å². The predicted octanol–water partition coefficient (Wildman–Crippen LogP) is 13.5. The fourth-order valence-corrected chi connectivity index (χ4v) is 9.22. The zero-order chi connectivity index (χ0) is 37.0. The Balaban J connectivity index is 1.03. The SMILES string of the molecule is c1ccc(C2=NC(c3ccc(-c4ccccc4)cc3)=NC(c3cccc4c3oc3c(-c5cccc6c5sc5ccc(-c7ccccc7)cc56)cccc34)N2)cc1. The van der Waals surface area contributed by atoms with Crippen molar-refractivity contribution >= 4 is 65.1 Å². The molecule has 4 nitrogen and oxygen atoms in total. The number of thiophene rings is 1. The lowest BCUT2D eigenvalue weighted by Gasteiger charge is -2.23. The first kappa shape index (κ1) is 32.4. The number of nitrogens with one attached hydrogen (secondary N) is 1. The molecule has 56 heavy (non-hydrogen) atoms. The van der Waals surface area contributed by atoms with Crippen molar-refractivity contribution in [1.29, 1.82) is 0 Å².